The minimum atomic E-state index is 0.142. The van der Waals surface area contributed by atoms with Crippen LogP contribution in [0.3, 0.4) is 0 Å². The highest BCUT2D eigenvalue weighted by molar-refractivity contribution is 14.1. The Morgan fingerprint density at radius 3 is 2.86 bits per heavy atom. The zero-order chi connectivity index (χ0) is 14.7. The zero-order valence-corrected chi connectivity index (χ0v) is 12.8. The van der Waals surface area contributed by atoms with Crippen LogP contribution in [0.15, 0.2) is 43.0 Å². The van der Waals surface area contributed by atoms with Crippen molar-refractivity contribution in [2.45, 2.75) is 0 Å². The monoisotopic (exact) mass is 395 g/mol. The van der Waals surface area contributed by atoms with E-state index >= 15 is 0 Å². The Kier molecular flexibility index (Phi) is 3.92. The van der Waals surface area contributed by atoms with Crippen molar-refractivity contribution in [1.29, 1.82) is 0 Å². The molecule has 2 aromatic heterocycles. The van der Waals surface area contributed by atoms with Gasteiger partial charge >= 0.3 is 6.01 Å². The van der Waals surface area contributed by atoms with Gasteiger partial charge in [0.05, 0.1) is 0 Å². The summed E-state index contributed by atoms with van der Waals surface area (Å²) in [6.07, 6.45) is 4.91. The molecule has 3 rings (SSSR count). The summed E-state index contributed by atoms with van der Waals surface area (Å²) < 4.78 is 8.32. The van der Waals surface area contributed by atoms with Crippen molar-refractivity contribution >= 4 is 28.5 Å². The molecule has 1 aromatic carbocycles. The van der Waals surface area contributed by atoms with Crippen LogP contribution in [0.1, 0.15) is 0 Å². The van der Waals surface area contributed by atoms with E-state index in [-0.39, 0.29) is 12.0 Å². The van der Waals surface area contributed by atoms with Gasteiger partial charge in [0.25, 0.3) is 0 Å². The quantitative estimate of drug-likeness (QED) is 0.394. The third-order valence-corrected chi connectivity index (χ3v) is 3.14. The van der Waals surface area contributed by atoms with E-state index in [0.29, 0.717) is 11.7 Å². The van der Waals surface area contributed by atoms with Crippen LogP contribution in [0.5, 0.6) is 11.8 Å². The fraction of sp³-hybridized carbons (Fsp3) is 0. The van der Waals surface area contributed by atoms with Crippen molar-refractivity contribution in [2.75, 3.05) is 5.43 Å². The number of hydrogen-bond donors (Lipinski definition) is 2. The van der Waals surface area contributed by atoms with E-state index < -0.39 is 0 Å². The van der Waals surface area contributed by atoms with Gasteiger partial charge in [0.15, 0.2) is 0 Å². The molecule has 21 heavy (non-hydrogen) atoms. The number of nitrogens with one attached hydrogen (secondary N) is 1. The molecule has 0 amide bonds. The Balaban J connectivity index is 1.96. The average Bonchev–Trinajstić information content (AvgIpc) is 3.01. The Morgan fingerprint density at radius 1 is 1.24 bits per heavy atom. The lowest BCUT2D eigenvalue weighted by Crippen LogP contribution is -2.13. The Morgan fingerprint density at radius 2 is 2.14 bits per heavy atom. The molecular weight excluding hydrogens is 385 g/mol. The second kappa shape index (κ2) is 6.01. The maximum Gasteiger partial charge on any atom is 0.328 e. The molecule has 2 heterocycles. The number of imidazole rings is 1. The van der Waals surface area contributed by atoms with Gasteiger partial charge in [-0.2, -0.15) is 15.0 Å². The topological polar surface area (TPSA) is 104 Å². The second-order valence-corrected chi connectivity index (χ2v) is 5.16. The van der Waals surface area contributed by atoms with Crippen LogP contribution < -0.4 is 16.0 Å². The fourth-order valence-corrected chi connectivity index (χ4v) is 2.10. The molecule has 106 valence electrons. The van der Waals surface area contributed by atoms with Crippen molar-refractivity contribution in [2.24, 2.45) is 5.84 Å². The second-order valence-electron chi connectivity index (χ2n) is 3.92. The van der Waals surface area contributed by atoms with E-state index in [1.54, 1.807) is 23.3 Å². The lowest BCUT2D eigenvalue weighted by atomic mass is 10.3. The third-order valence-electron chi connectivity index (χ3n) is 2.47. The minimum absolute atomic E-state index is 0.142. The van der Waals surface area contributed by atoms with E-state index in [9.17, 15) is 0 Å². The predicted molar refractivity (Wildman–Crippen MR) is 84.0 cm³/mol. The summed E-state index contributed by atoms with van der Waals surface area (Å²) in [6, 6.07) is 7.68. The minimum Gasteiger partial charge on any atom is -0.424 e. The number of nitrogens with two attached hydrogens (primary N) is 1. The molecule has 0 bridgehead atoms. The van der Waals surface area contributed by atoms with Crippen LogP contribution in [-0.2, 0) is 0 Å². The van der Waals surface area contributed by atoms with Crippen molar-refractivity contribution < 1.29 is 4.74 Å². The lowest BCUT2D eigenvalue weighted by Gasteiger charge is -2.08. The summed E-state index contributed by atoms with van der Waals surface area (Å²) in [5.74, 6) is 6.57. The summed E-state index contributed by atoms with van der Waals surface area (Å²) in [5, 5.41) is 0. The average molecular weight is 395 g/mol. The molecule has 0 radical (unpaired) electrons. The van der Waals surface area contributed by atoms with Gasteiger partial charge in [-0.15, -0.1) is 0 Å². The zero-order valence-electron chi connectivity index (χ0n) is 10.6. The smallest absolute Gasteiger partial charge is 0.328 e. The molecular formula is C12H10IN7O. The van der Waals surface area contributed by atoms with E-state index in [1.807, 2.05) is 24.3 Å². The van der Waals surface area contributed by atoms with E-state index in [1.165, 1.54) is 0 Å². The molecule has 0 unspecified atom stereocenters. The summed E-state index contributed by atoms with van der Waals surface area (Å²) in [7, 11) is 0. The number of rotatable bonds is 4. The molecule has 0 aliphatic carbocycles. The highest BCUT2D eigenvalue weighted by Gasteiger charge is 2.09. The fourth-order valence-electron chi connectivity index (χ4n) is 1.58. The lowest BCUT2D eigenvalue weighted by molar-refractivity contribution is 0.438. The summed E-state index contributed by atoms with van der Waals surface area (Å²) >= 11 is 2.20. The molecule has 3 aromatic rings. The third kappa shape index (κ3) is 3.25. The normalized spacial score (nSPS) is 10.4. The number of aromatic nitrogens is 5. The molecule has 0 aliphatic rings. The van der Waals surface area contributed by atoms with Crippen LogP contribution in [-0.4, -0.2) is 24.5 Å². The number of ether oxygens (including phenoxy) is 1. The Labute approximate surface area is 133 Å². The molecule has 3 N–H and O–H groups in total. The van der Waals surface area contributed by atoms with Gasteiger partial charge in [-0.1, -0.05) is 6.07 Å². The Hall–Kier alpha value is -2.27. The molecule has 8 nitrogen and oxygen atoms in total. The van der Waals surface area contributed by atoms with E-state index in [2.05, 4.69) is 48.0 Å². The maximum absolute atomic E-state index is 5.64. The van der Waals surface area contributed by atoms with Crippen LogP contribution in [0.4, 0.5) is 5.95 Å². The molecule has 9 heteroatoms. The number of anilines is 1. The number of nitrogen functional groups attached to an aromatic ring is 1. The highest BCUT2D eigenvalue weighted by atomic mass is 127. The van der Waals surface area contributed by atoms with Gasteiger partial charge in [-0.3, -0.25) is 9.99 Å². The van der Waals surface area contributed by atoms with Gasteiger partial charge in [0, 0.05) is 16.0 Å². The number of hydrogen-bond acceptors (Lipinski definition) is 7. The van der Waals surface area contributed by atoms with Crippen LogP contribution in [0, 0.1) is 3.57 Å². The van der Waals surface area contributed by atoms with Gasteiger partial charge in [0.1, 0.15) is 12.1 Å². The summed E-state index contributed by atoms with van der Waals surface area (Å²) in [5.41, 5.74) is 2.39. The van der Waals surface area contributed by atoms with Crippen molar-refractivity contribution in [3.05, 3.63) is 46.6 Å². The maximum atomic E-state index is 5.64. The molecule has 0 spiro atoms. The number of benzene rings is 1. The first-order chi connectivity index (χ1) is 10.2. The van der Waals surface area contributed by atoms with Gasteiger partial charge in [-0.25, -0.2) is 10.8 Å². The van der Waals surface area contributed by atoms with Crippen LogP contribution >= 0.6 is 22.6 Å². The van der Waals surface area contributed by atoms with Crippen LogP contribution in [0.25, 0.3) is 5.95 Å². The number of hydrazine groups is 1. The molecule has 0 aliphatic heterocycles. The van der Waals surface area contributed by atoms with Crippen LogP contribution in [0.2, 0.25) is 0 Å². The van der Waals surface area contributed by atoms with Crippen molar-refractivity contribution in [1.82, 2.24) is 24.5 Å². The molecule has 0 saturated carbocycles. The first kappa shape index (κ1) is 13.7. The SMILES string of the molecule is NNc1nc(Oc2cccc(I)c2)nc(-n2ccnc2)n1. The number of halogens is 1. The standard InChI is InChI=1S/C12H10IN7O/c13-8-2-1-3-9(6-8)21-12-17-10(19-14)16-11(18-12)20-5-4-15-7-20/h1-7H,14H2,(H,16,17,18,19). The van der Waals surface area contributed by atoms with Crippen molar-refractivity contribution in [3.8, 4) is 17.7 Å². The van der Waals surface area contributed by atoms with Crippen molar-refractivity contribution in [3.63, 3.8) is 0 Å². The summed E-state index contributed by atoms with van der Waals surface area (Å²) in [4.78, 5) is 16.4. The van der Waals surface area contributed by atoms with Gasteiger partial charge in [-0.05, 0) is 40.8 Å². The molecule has 0 saturated heterocycles. The summed E-state index contributed by atoms with van der Waals surface area (Å²) in [6.45, 7) is 0. The van der Waals surface area contributed by atoms with Gasteiger partial charge in [0.2, 0.25) is 11.9 Å². The van der Waals surface area contributed by atoms with Gasteiger partial charge < -0.3 is 4.74 Å². The molecule has 0 atom stereocenters. The Bertz CT molecular complexity index is 747. The highest BCUT2D eigenvalue weighted by Crippen LogP contribution is 2.21. The van der Waals surface area contributed by atoms with E-state index in [4.69, 9.17) is 10.6 Å². The first-order valence-electron chi connectivity index (χ1n) is 5.89. The largest absolute Gasteiger partial charge is 0.424 e. The predicted octanol–water partition coefficient (Wildman–Crippen LogP) is 1.74. The molecule has 0 fully saturated rings. The van der Waals surface area contributed by atoms with E-state index in [0.717, 1.165) is 3.57 Å². The first-order valence-corrected chi connectivity index (χ1v) is 6.97. The number of nitrogens with zero attached hydrogens (tertiary/aromatic N) is 5.